The fourth-order valence-corrected chi connectivity index (χ4v) is 2.46. The molecule has 1 aliphatic rings. The molecule has 5 nitrogen and oxygen atoms in total. The van der Waals surface area contributed by atoms with E-state index in [1.165, 1.54) is 7.11 Å². The van der Waals surface area contributed by atoms with E-state index in [-0.39, 0.29) is 12.0 Å². The fourth-order valence-electron chi connectivity index (χ4n) is 2.03. The molecule has 0 spiro atoms. The third-order valence-corrected chi connectivity index (χ3v) is 4.40. The average molecular weight is 362 g/mol. The molecule has 2 rings (SSSR count). The van der Waals surface area contributed by atoms with Crippen LogP contribution in [0.3, 0.4) is 0 Å². The second-order valence-electron chi connectivity index (χ2n) is 4.38. The molecule has 1 aromatic carbocycles. The molecule has 0 radical (unpaired) electrons. The topological polar surface area (TPSA) is 49.9 Å². The molecule has 0 N–H and O–H groups in total. The van der Waals surface area contributed by atoms with Gasteiger partial charge in [-0.15, -0.1) is 0 Å². The van der Waals surface area contributed by atoms with Gasteiger partial charge in [0.15, 0.2) is 0 Å². The van der Waals surface area contributed by atoms with Crippen LogP contribution in [0.4, 0.5) is 4.79 Å². The zero-order chi connectivity index (χ0) is 14.7. The van der Waals surface area contributed by atoms with Crippen LogP contribution >= 0.6 is 27.5 Å². The summed E-state index contributed by atoms with van der Waals surface area (Å²) >= 11 is 9.28. The van der Waals surface area contributed by atoms with Crippen molar-refractivity contribution in [2.24, 2.45) is 0 Å². The highest BCUT2D eigenvalue weighted by molar-refractivity contribution is 9.10. The van der Waals surface area contributed by atoms with Crippen molar-refractivity contribution < 1.29 is 14.3 Å². The Bertz CT molecular complexity index is 530. The first-order valence-corrected chi connectivity index (χ1v) is 7.27. The maximum absolute atomic E-state index is 12.3. The number of hydrogen-bond acceptors (Lipinski definition) is 3. The summed E-state index contributed by atoms with van der Waals surface area (Å²) in [6, 6.07) is 5.12. The Hall–Kier alpha value is -1.27. The predicted molar refractivity (Wildman–Crippen MR) is 79.0 cm³/mol. The molecule has 0 aliphatic carbocycles. The SMILES string of the molecule is COC(=O)N1CCN(C(=O)c2ccc(Br)c(Cl)c2)CC1. The average Bonchev–Trinajstić information content (AvgIpc) is 2.48. The van der Waals surface area contributed by atoms with Gasteiger partial charge in [0.25, 0.3) is 5.91 Å². The zero-order valence-corrected chi connectivity index (χ0v) is 13.3. The van der Waals surface area contributed by atoms with E-state index in [1.807, 2.05) is 0 Å². The highest BCUT2D eigenvalue weighted by Gasteiger charge is 2.25. The highest BCUT2D eigenvalue weighted by Crippen LogP contribution is 2.24. The van der Waals surface area contributed by atoms with Gasteiger partial charge in [-0.25, -0.2) is 4.79 Å². The molecule has 1 aliphatic heterocycles. The molecular formula is C13H14BrClN2O3. The second kappa shape index (κ2) is 6.45. The number of halogens is 2. The molecule has 1 saturated heterocycles. The van der Waals surface area contributed by atoms with E-state index >= 15 is 0 Å². The highest BCUT2D eigenvalue weighted by atomic mass is 79.9. The molecular weight excluding hydrogens is 348 g/mol. The lowest BCUT2D eigenvalue weighted by atomic mass is 10.2. The van der Waals surface area contributed by atoms with Crippen molar-refractivity contribution in [2.45, 2.75) is 0 Å². The van der Waals surface area contributed by atoms with Gasteiger partial charge in [0.05, 0.1) is 12.1 Å². The minimum atomic E-state index is -0.358. The third-order valence-electron chi connectivity index (χ3n) is 3.17. The number of ether oxygens (including phenoxy) is 1. The number of amides is 2. The van der Waals surface area contributed by atoms with E-state index in [1.54, 1.807) is 28.0 Å². The summed E-state index contributed by atoms with van der Waals surface area (Å²) in [6.07, 6.45) is -0.358. The van der Waals surface area contributed by atoms with Gasteiger partial charge >= 0.3 is 6.09 Å². The summed E-state index contributed by atoms with van der Waals surface area (Å²) in [5, 5.41) is 0.504. The maximum atomic E-state index is 12.3. The van der Waals surface area contributed by atoms with Crippen LogP contribution in [0.15, 0.2) is 22.7 Å². The number of methoxy groups -OCH3 is 1. The molecule has 0 unspecified atom stereocenters. The summed E-state index contributed by atoms with van der Waals surface area (Å²) in [5.74, 6) is -0.0797. The molecule has 1 aromatic rings. The van der Waals surface area contributed by atoms with Crippen molar-refractivity contribution in [3.05, 3.63) is 33.3 Å². The van der Waals surface area contributed by atoms with Crippen LogP contribution in [0.1, 0.15) is 10.4 Å². The van der Waals surface area contributed by atoms with Crippen LogP contribution in [0.25, 0.3) is 0 Å². The molecule has 7 heteroatoms. The Kier molecular flexibility index (Phi) is 4.88. The lowest BCUT2D eigenvalue weighted by molar-refractivity contribution is 0.0599. The monoisotopic (exact) mass is 360 g/mol. The van der Waals surface area contributed by atoms with Crippen LogP contribution in [0.5, 0.6) is 0 Å². The van der Waals surface area contributed by atoms with Gasteiger partial charge in [0.1, 0.15) is 0 Å². The summed E-state index contributed by atoms with van der Waals surface area (Å²) < 4.78 is 5.42. The quantitative estimate of drug-likeness (QED) is 0.772. The predicted octanol–water partition coefficient (Wildman–Crippen LogP) is 2.63. The summed E-state index contributed by atoms with van der Waals surface area (Å²) in [4.78, 5) is 27.0. The van der Waals surface area contributed by atoms with Crippen LogP contribution in [0, 0.1) is 0 Å². The third kappa shape index (κ3) is 3.24. The first-order valence-electron chi connectivity index (χ1n) is 6.10. The van der Waals surface area contributed by atoms with Crippen molar-refractivity contribution in [1.82, 2.24) is 9.80 Å². The smallest absolute Gasteiger partial charge is 0.409 e. The number of piperazine rings is 1. The van der Waals surface area contributed by atoms with E-state index in [2.05, 4.69) is 20.7 Å². The minimum absolute atomic E-state index is 0.0797. The van der Waals surface area contributed by atoms with E-state index in [0.29, 0.717) is 36.8 Å². The molecule has 0 aromatic heterocycles. The van der Waals surface area contributed by atoms with E-state index in [9.17, 15) is 9.59 Å². The molecule has 108 valence electrons. The molecule has 20 heavy (non-hydrogen) atoms. The maximum Gasteiger partial charge on any atom is 0.409 e. The number of benzene rings is 1. The Morgan fingerprint density at radius 3 is 2.35 bits per heavy atom. The summed E-state index contributed by atoms with van der Waals surface area (Å²) in [6.45, 7) is 1.93. The molecule has 1 fully saturated rings. The number of carbonyl (C=O) groups excluding carboxylic acids is 2. The summed E-state index contributed by atoms with van der Waals surface area (Å²) in [5.41, 5.74) is 0.546. The Morgan fingerprint density at radius 2 is 1.80 bits per heavy atom. The fraction of sp³-hybridized carbons (Fsp3) is 0.385. The van der Waals surface area contributed by atoms with E-state index < -0.39 is 0 Å². The molecule has 0 atom stereocenters. The van der Waals surface area contributed by atoms with Gasteiger partial charge in [-0.1, -0.05) is 11.6 Å². The van der Waals surface area contributed by atoms with Crippen LogP contribution in [-0.2, 0) is 4.74 Å². The van der Waals surface area contributed by atoms with Crippen molar-refractivity contribution in [3.63, 3.8) is 0 Å². The first-order chi connectivity index (χ1) is 9.52. The number of rotatable bonds is 1. The van der Waals surface area contributed by atoms with Gasteiger partial charge in [-0.3, -0.25) is 4.79 Å². The molecule has 1 heterocycles. The van der Waals surface area contributed by atoms with Crippen molar-refractivity contribution >= 4 is 39.5 Å². The zero-order valence-electron chi connectivity index (χ0n) is 10.9. The van der Waals surface area contributed by atoms with Crippen LogP contribution < -0.4 is 0 Å². The normalized spacial score (nSPS) is 15.2. The molecule has 0 bridgehead atoms. The van der Waals surface area contributed by atoms with E-state index in [0.717, 1.165) is 4.47 Å². The van der Waals surface area contributed by atoms with Gasteiger partial charge in [-0.05, 0) is 34.1 Å². The van der Waals surface area contributed by atoms with Gasteiger partial charge in [0.2, 0.25) is 0 Å². The largest absolute Gasteiger partial charge is 0.453 e. The van der Waals surface area contributed by atoms with Gasteiger partial charge in [-0.2, -0.15) is 0 Å². The molecule has 2 amide bonds. The minimum Gasteiger partial charge on any atom is -0.453 e. The lowest BCUT2D eigenvalue weighted by Crippen LogP contribution is -2.50. The number of nitrogens with zero attached hydrogens (tertiary/aromatic N) is 2. The van der Waals surface area contributed by atoms with Crippen molar-refractivity contribution in [1.29, 1.82) is 0 Å². The van der Waals surface area contributed by atoms with Crippen molar-refractivity contribution in [3.8, 4) is 0 Å². The van der Waals surface area contributed by atoms with Crippen LogP contribution in [-0.4, -0.2) is 55.1 Å². The second-order valence-corrected chi connectivity index (χ2v) is 5.64. The Balaban J connectivity index is 2.01. The summed E-state index contributed by atoms with van der Waals surface area (Å²) in [7, 11) is 1.35. The molecule has 0 saturated carbocycles. The van der Waals surface area contributed by atoms with Gasteiger partial charge in [0, 0.05) is 36.2 Å². The number of hydrogen-bond donors (Lipinski definition) is 0. The van der Waals surface area contributed by atoms with Crippen molar-refractivity contribution in [2.75, 3.05) is 33.3 Å². The standard InChI is InChI=1S/C13H14BrClN2O3/c1-20-13(19)17-6-4-16(5-7-17)12(18)9-2-3-10(14)11(15)8-9/h2-3,8H,4-7H2,1H3. The first kappa shape index (κ1) is 15.1. The van der Waals surface area contributed by atoms with Crippen LogP contribution in [0.2, 0.25) is 5.02 Å². The Morgan fingerprint density at radius 1 is 1.20 bits per heavy atom. The van der Waals surface area contributed by atoms with E-state index in [4.69, 9.17) is 11.6 Å². The van der Waals surface area contributed by atoms with Gasteiger partial charge < -0.3 is 14.5 Å². The lowest BCUT2D eigenvalue weighted by Gasteiger charge is -2.33. The Labute approximate surface area is 130 Å². The number of carbonyl (C=O) groups is 2.